The first kappa shape index (κ1) is 12.5. The van der Waals surface area contributed by atoms with Gasteiger partial charge in [-0.25, -0.2) is 9.36 Å². The van der Waals surface area contributed by atoms with Gasteiger partial charge in [-0.05, 0) is 23.8 Å². The highest BCUT2D eigenvalue weighted by Crippen LogP contribution is 2.37. The topological polar surface area (TPSA) is 30.8 Å². The van der Waals surface area contributed by atoms with Gasteiger partial charge in [0.2, 0.25) is 0 Å². The lowest BCUT2D eigenvalue weighted by Gasteiger charge is -2.24. The van der Waals surface area contributed by atoms with Gasteiger partial charge in [-0.1, -0.05) is 30.3 Å². The summed E-state index contributed by atoms with van der Waals surface area (Å²) in [6, 6.07) is 16.6. The summed E-state index contributed by atoms with van der Waals surface area (Å²) in [4.78, 5) is 13.0. The summed E-state index contributed by atoms with van der Waals surface area (Å²) in [6.07, 6.45) is 0.925. The highest BCUT2D eigenvalue weighted by molar-refractivity contribution is 5.91. The highest BCUT2D eigenvalue weighted by Gasteiger charge is 2.37. The van der Waals surface area contributed by atoms with E-state index in [1.54, 1.807) is 0 Å². The lowest BCUT2D eigenvalue weighted by atomic mass is 10.0. The van der Waals surface area contributed by atoms with Gasteiger partial charge in [-0.3, -0.25) is 0 Å². The summed E-state index contributed by atoms with van der Waals surface area (Å²) >= 11 is 0. The van der Waals surface area contributed by atoms with Crippen LogP contribution in [0.1, 0.15) is 5.56 Å². The van der Waals surface area contributed by atoms with Crippen LogP contribution in [-0.2, 0) is 26.1 Å². The van der Waals surface area contributed by atoms with E-state index in [2.05, 4.69) is 39.5 Å². The van der Waals surface area contributed by atoms with E-state index in [0.717, 1.165) is 42.8 Å². The van der Waals surface area contributed by atoms with Crippen molar-refractivity contribution in [1.29, 1.82) is 0 Å². The molecule has 0 spiro atoms. The number of aryl methyl sites for hydroxylation is 3. The maximum absolute atomic E-state index is 13.0. The van der Waals surface area contributed by atoms with Gasteiger partial charge in [0.15, 0.2) is 0 Å². The van der Waals surface area contributed by atoms with Crippen LogP contribution in [0.4, 0.5) is 0 Å². The van der Waals surface area contributed by atoms with Crippen molar-refractivity contribution in [2.24, 2.45) is 0 Å². The molecule has 0 bridgehead atoms. The van der Waals surface area contributed by atoms with Crippen molar-refractivity contribution in [3.8, 4) is 11.5 Å². The minimum absolute atomic E-state index is 0.140. The normalized spacial score (nSPS) is 15.0. The van der Waals surface area contributed by atoms with E-state index >= 15 is 0 Å². The van der Waals surface area contributed by atoms with Gasteiger partial charge in [0.1, 0.15) is 23.1 Å². The SMILES string of the molecule is O=c1c2ccccc2[n+]2c3n1CCc1c-3n(c3ccccc13)CC2. The van der Waals surface area contributed by atoms with Crippen molar-refractivity contribution < 1.29 is 4.57 Å². The summed E-state index contributed by atoms with van der Waals surface area (Å²) in [6.45, 7) is 2.62. The second-order valence-electron chi connectivity index (χ2n) is 6.70. The number of fused-ring (bicyclic) bond motifs is 5. The molecular formula is C20H16N3O+. The van der Waals surface area contributed by atoms with Crippen LogP contribution >= 0.6 is 0 Å². The molecule has 0 N–H and O–H groups in total. The molecule has 4 heterocycles. The first-order valence-corrected chi connectivity index (χ1v) is 8.50. The fourth-order valence-electron chi connectivity index (χ4n) is 4.62. The van der Waals surface area contributed by atoms with E-state index in [0.29, 0.717) is 0 Å². The molecule has 4 aromatic rings. The highest BCUT2D eigenvalue weighted by atomic mass is 16.1. The molecule has 0 fully saturated rings. The molecule has 0 atom stereocenters. The molecular weight excluding hydrogens is 298 g/mol. The molecule has 2 aliphatic heterocycles. The Balaban J connectivity index is 1.88. The van der Waals surface area contributed by atoms with Crippen LogP contribution in [0.15, 0.2) is 53.3 Å². The lowest BCUT2D eigenvalue weighted by molar-refractivity contribution is -0.669. The Morgan fingerprint density at radius 1 is 0.875 bits per heavy atom. The molecule has 0 aliphatic carbocycles. The van der Waals surface area contributed by atoms with Gasteiger partial charge in [-0.15, -0.1) is 0 Å². The number of benzene rings is 2. The minimum atomic E-state index is 0.140. The Kier molecular flexibility index (Phi) is 2.16. The Morgan fingerprint density at radius 3 is 2.58 bits per heavy atom. The standard InChI is InChI=1S/C20H16N3O/c24-20-15-6-2-4-8-17(15)22-12-11-21-16-7-3-1-5-13(16)14-9-10-23(20)19(22)18(14)21/h1-8H,9-12H2/q+1. The van der Waals surface area contributed by atoms with Gasteiger partial charge in [0, 0.05) is 17.3 Å². The quantitative estimate of drug-likeness (QED) is 0.459. The van der Waals surface area contributed by atoms with E-state index in [4.69, 9.17) is 0 Å². The minimum Gasteiger partial charge on any atom is -0.330 e. The third-order valence-corrected chi connectivity index (χ3v) is 5.60. The van der Waals surface area contributed by atoms with Gasteiger partial charge >= 0.3 is 11.4 Å². The molecule has 2 aromatic carbocycles. The Labute approximate surface area is 138 Å². The summed E-state index contributed by atoms with van der Waals surface area (Å²) in [5.41, 5.74) is 5.13. The van der Waals surface area contributed by atoms with E-state index < -0.39 is 0 Å². The number of nitrogens with zero attached hydrogens (tertiary/aromatic N) is 3. The van der Waals surface area contributed by atoms with Crippen molar-refractivity contribution in [2.45, 2.75) is 26.1 Å². The number of rotatable bonds is 0. The summed E-state index contributed by atoms with van der Waals surface area (Å²) in [5.74, 6) is 1.09. The fraction of sp³-hybridized carbons (Fsp3) is 0.200. The van der Waals surface area contributed by atoms with E-state index in [9.17, 15) is 4.79 Å². The van der Waals surface area contributed by atoms with Crippen molar-refractivity contribution >= 4 is 21.8 Å². The number of aromatic nitrogens is 3. The number of para-hydroxylation sites is 2. The van der Waals surface area contributed by atoms with E-state index in [1.807, 2.05) is 22.8 Å². The Morgan fingerprint density at radius 2 is 1.67 bits per heavy atom. The van der Waals surface area contributed by atoms with Crippen LogP contribution < -0.4 is 10.1 Å². The zero-order valence-corrected chi connectivity index (χ0v) is 13.2. The maximum Gasteiger partial charge on any atom is 0.345 e. The van der Waals surface area contributed by atoms with Crippen molar-refractivity contribution in [3.63, 3.8) is 0 Å². The predicted molar refractivity (Wildman–Crippen MR) is 93.0 cm³/mol. The fourth-order valence-corrected chi connectivity index (χ4v) is 4.62. The zero-order valence-electron chi connectivity index (χ0n) is 13.2. The van der Waals surface area contributed by atoms with Crippen LogP contribution in [0.2, 0.25) is 0 Å². The van der Waals surface area contributed by atoms with E-state index in [-0.39, 0.29) is 5.56 Å². The van der Waals surface area contributed by atoms with Gasteiger partial charge < -0.3 is 4.57 Å². The molecule has 24 heavy (non-hydrogen) atoms. The summed E-state index contributed by atoms with van der Waals surface area (Å²) < 4.78 is 6.73. The third-order valence-electron chi connectivity index (χ3n) is 5.60. The average molecular weight is 314 g/mol. The van der Waals surface area contributed by atoms with Crippen LogP contribution in [-0.4, -0.2) is 9.13 Å². The molecule has 116 valence electrons. The summed E-state index contributed by atoms with van der Waals surface area (Å²) in [5, 5.41) is 2.17. The lowest BCUT2D eigenvalue weighted by Crippen LogP contribution is -2.50. The average Bonchev–Trinajstić information content (AvgIpc) is 2.97. The second-order valence-corrected chi connectivity index (χ2v) is 6.70. The van der Waals surface area contributed by atoms with Crippen LogP contribution in [0.3, 0.4) is 0 Å². The monoisotopic (exact) mass is 314 g/mol. The van der Waals surface area contributed by atoms with Crippen molar-refractivity contribution in [1.82, 2.24) is 9.13 Å². The number of hydrogen-bond acceptors (Lipinski definition) is 1. The first-order chi connectivity index (χ1) is 11.8. The molecule has 6 rings (SSSR count). The van der Waals surface area contributed by atoms with Crippen LogP contribution in [0.5, 0.6) is 0 Å². The Bertz CT molecular complexity index is 1200. The molecule has 0 saturated heterocycles. The van der Waals surface area contributed by atoms with Crippen molar-refractivity contribution in [2.75, 3.05) is 0 Å². The van der Waals surface area contributed by atoms with Gasteiger partial charge in [0.05, 0.1) is 13.1 Å². The summed E-state index contributed by atoms with van der Waals surface area (Å²) in [7, 11) is 0. The largest absolute Gasteiger partial charge is 0.345 e. The molecule has 2 aliphatic rings. The van der Waals surface area contributed by atoms with E-state index in [1.165, 1.54) is 22.2 Å². The maximum atomic E-state index is 13.0. The van der Waals surface area contributed by atoms with Crippen molar-refractivity contribution in [3.05, 3.63) is 64.4 Å². The molecule has 0 saturated carbocycles. The van der Waals surface area contributed by atoms with Crippen LogP contribution in [0, 0.1) is 0 Å². The van der Waals surface area contributed by atoms with Crippen LogP contribution in [0.25, 0.3) is 33.3 Å². The molecule has 2 aromatic heterocycles. The first-order valence-electron chi connectivity index (χ1n) is 8.50. The third kappa shape index (κ3) is 1.31. The van der Waals surface area contributed by atoms with Gasteiger partial charge in [-0.2, -0.15) is 4.57 Å². The molecule has 4 nitrogen and oxygen atoms in total. The predicted octanol–water partition coefficient (Wildman–Crippen LogP) is 2.48. The molecule has 0 amide bonds. The second kappa shape index (κ2) is 4.15. The Hall–Kier alpha value is -2.88. The smallest absolute Gasteiger partial charge is 0.330 e. The van der Waals surface area contributed by atoms with Gasteiger partial charge in [0.25, 0.3) is 0 Å². The number of hydrogen-bond donors (Lipinski definition) is 0. The molecule has 0 unspecified atom stereocenters. The molecule has 4 heteroatoms. The zero-order chi connectivity index (χ0) is 15.8. The molecule has 0 radical (unpaired) electrons.